The average Bonchev–Trinajstić information content (AvgIpc) is 2.42. The fourth-order valence-corrected chi connectivity index (χ4v) is 2.55. The van der Waals surface area contributed by atoms with Gasteiger partial charge in [-0.15, -0.1) is 0 Å². The van der Waals surface area contributed by atoms with Gasteiger partial charge in [-0.1, -0.05) is 12.2 Å². The second-order valence-electron chi connectivity index (χ2n) is 5.03. The number of nitrogens with one attached hydrogen (secondary N) is 1. The summed E-state index contributed by atoms with van der Waals surface area (Å²) in [4.78, 5) is 14.8. The number of carbonyl (C=O) groups is 1. The maximum absolute atomic E-state index is 12.0. The molecule has 0 aliphatic carbocycles. The van der Waals surface area contributed by atoms with Crippen LogP contribution in [0.25, 0.3) is 0 Å². The number of methoxy groups -OCH3 is 1. The first-order valence-corrected chi connectivity index (χ1v) is 7.27. The van der Waals surface area contributed by atoms with Gasteiger partial charge in [0.15, 0.2) is 0 Å². The number of nitrogens with two attached hydrogens (primary N) is 1. The van der Waals surface area contributed by atoms with Crippen molar-refractivity contribution in [1.82, 2.24) is 10.2 Å². The molecule has 0 radical (unpaired) electrons. The van der Waals surface area contributed by atoms with E-state index in [0.717, 1.165) is 32.4 Å². The number of likely N-dealkylation sites (tertiary alicyclic amines) is 1. The Bertz CT molecular complexity index is 304. The van der Waals surface area contributed by atoms with E-state index in [4.69, 9.17) is 22.7 Å². The Balaban J connectivity index is 2.27. The van der Waals surface area contributed by atoms with Crippen LogP contribution in [0.15, 0.2) is 0 Å². The van der Waals surface area contributed by atoms with E-state index in [2.05, 4.69) is 10.2 Å². The highest BCUT2D eigenvalue weighted by Gasteiger charge is 2.27. The lowest BCUT2D eigenvalue weighted by atomic mass is 9.96. The van der Waals surface area contributed by atoms with E-state index in [-0.39, 0.29) is 11.9 Å². The molecule has 0 spiro atoms. The molecule has 0 bridgehead atoms. The summed E-state index contributed by atoms with van der Waals surface area (Å²) in [6.07, 6.45) is 2.76. The highest BCUT2D eigenvalue weighted by atomic mass is 32.1. The number of nitrogens with zero attached hydrogens (tertiary/aromatic N) is 1. The van der Waals surface area contributed by atoms with Gasteiger partial charge in [-0.3, -0.25) is 9.69 Å². The van der Waals surface area contributed by atoms with Gasteiger partial charge in [-0.25, -0.2) is 0 Å². The monoisotopic (exact) mass is 287 g/mol. The summed E-state index contributed by atoms with van der Waals surface area (Å²) >= 11 is 5.02. The van der Waals surface area contributed by atoms with Crippen LogP contribution in [0.1, 0.15) is 26.2 Å². The normalized spacial score (nSPS) is 19.1. The maximum atomic E-state index is 12.0. The van der Waals surface area contributed by atoms with Crippen molar-refractivity contribution < 1.29 is 9.53 Å². The van der Waals surface area contributed by atoms with Crippen molar-refractivity contribution >= 4 is 23.1 Å². The Kier molecular flexibility index (Phi) is 7.27. The van der Waals surface area contributed by atoms with Gasteiger partial charge in [0, 0.05) is 26.2 Å². The predicted octanol–water partition coefficient (Wildman–Crippen LogP) is 0.526. The minimum Gasteiger partial charge on any atom is -0.393 e. The molecule has 0 aromatic rings. The molecule has 1 heterocycles. The van der Waals surface area contributed by atoms with Crippen molar-refractivity contribution in [3.63, 3.8) is 0 Å². The number of thiocarbonyl (C=S) groups is 1. The number of rotatable bonds is 7. The Morgan fingerprint density at radius 1 is 1.53 bits per heavy atom. The predicted molar refractivity (Wildman–Crippen MR) is 80.0 cm³/mol. The van der Waals surface area contributed by atoms with Gasteiger partial charge in [0.1, 0.15) is 0 Å². The van der Waals surface area contributed by atoms with Crippen LogP contribution >= 0.6 is 12.2 Å². The lowest BCUT2D eigenvalue weighted by molar-refractivity contribution is -0.126. The van der Waals surface area contributed by atoms with Crippen LogP contribution in [-0.4, -0.2) is 55.2 Å². The third-order valence-electron chi connectivity index (χ3n) is 3.68. The SMILES string of the molecule is COCCCNC(=O)C(C)N1CCC(C(N)=S)CC1. The van der Waals surface area contributed by atoms with E-state index in [0.29, 0.717) is 24.1 Å². The van der Waals surface area contributed by atoms with Gasteiger partial charge in [0.2, 0.25) is 5.91 Å². The van der Waals surface area contributed by atoms with Crippen LogP contribution < -0.4 is 11.1 Å². The van der Waals surface area contributed by atoms with Crippen LogP contribution in [-0.2, 0) is 9.53 Å². The molecule has 1 rings (SSSR count). The zero-order valence-corrected chi connectivity index (χ0v) is 12.7. The van der Waals surface area contributed by atoms with E-state index >= 15 is 0 Å². The van der Waals surface area contributed by atoms with Crippen molar-refractivity contribution in [3.05, 3.63) is 0 Å². The molecule has 6 heteroatoms. The smallest absolute Gasteiger partial charge is 0.237 e. The summed E-state index contributed by atoms with van der Waals surface area (Å²) in [5, 5.41) is 2.94. The van der Waals surface area contributed by atoms with E-state index in [1.54, 1.807) is 7.11 Å². The van der Waals surface area contributed by atoms with Crippen molar-refractivity contribution in [2.24, 2.45) is 11.7 Å². The third-order valence-corrected chi connectivity index (χ3v) is 4.02. The van der Waals surface area contributed by atoms with Crippen LogP contribution in [0, 0.1) is 5.92 Å². The van der Waals surface area contributed by atoms with Crippen molar-refractivity contribution in [1.29, 1.82) is 0 Å². The quantitative estimate of drug-likeness (QED) is 0.528. The molecule has 19 heavy (non-hydrogen) atoms. The molecular formula is C13H25N3O2S. The topological polar surface area (TPSA) is 67.6 Å². The second-order valence-corrected chi connectivity index (χ2v) is 5.50. The molecule has 0 aromatic heterocycles. The zero-order valence-electron chi connectivity index (χ0n) is 11.9. The highest BCUT2D eigenvalue weighted by Crippen LogP contribution is 2.19. The summed E-state index contributed by atoms with van der Waals surface area (Å²) in [6, 6.07) is -0.0881. The number of hydrogen-bond donors (Lipinski definition) is 2. The molecule has 0 saturated carbocycles. The summed E-state index contributed by atoms with van der Waals surface area (Å²) in [5.41, 5.74) is 5.66. The minimum atomic E-state index is -0.0881. The molecule has 3 N–H and O–H groups in total. The van der Waals surface area contributed by atoms with Crippen LogP contribution in [0.4, 0.5) is 0 Å². The molecule has 1 unspecified atom stereocenters. The number of piperidine rings is 1. The summed E-state index contributed by atoms with van der Waals surface area (Å²) < 4.78 is 4.95. The highest BCUT2D eigenvalue weighted by molar-refractivity contribution is 7.80. The fraction of sp³-hybridized carbons (Fsp3) is 0.846. The van der Waals surface area contributed by atoms with E-state index in [1.807, 2.05) is 6.92 Å². The van der Waals surface area contributed by atoms with E-state index in [9.17, 15) is 4.79 Å². The number of ether oxygens (including phenoxy) is 1. The second kappa shape index (κ2) is 8.45. The summed E-state index contributed by atoms with van der Waals surface area (Å²) in [5.74, 6) is 0.424. The standard InChI is InChI=1S/C13H25N3O2S/c1-10(13(17)15-6-3-9-18-2)16-7-4-11(5-8-16)12(14)19/h10-11H,3-9H2,1-2H3,(H2,14,19)(H,15,17). The van der Waals surface area contributed by atoms with Crippen molar-refractivity contribution in [3.8, 4) is 0 Å². The molecule has 1 saturated heterocycles. The Labute approximate surface area is 120 Å². The first kappa shape index (κ1) is 16.3. The van der Waals surface area contributed by atoms with Gasteiger partial charge in [0.05, 0.1) is 11.0 Å². The lowest BCUT2D eigenvalue weighted by Gasteiger charge is -2.34. The van der Waals surface area contributed by atoms with Crippen molar-refractivity contribution in [2.45, 2.75) is 32.2 Å². The Morgan fingerprint density at radius 3 is 2.68 bits per heavy atom. The van der Waals surface area contributed by atoms with Crippen LogP contribution in [0.5, 0.6) is 0 Å². The molecular weight excluding hydrogens is 262 g/mol. The maximum Gasteiger partial charge on any atom is 0.237 e. The number of amides is 1. The summed E-state index contributed by atoms with van der Waals surface area (Å²) in [7, 11) is 1.66. The Morgan fingerprint density at radius 2 is 2.16 bits per heavy atom. The number of carbonyl (C=O) groups excluding carboxylic acids is 1. The minimum absolute atomic E-state index is 0.0879. The van der Waals surface area contributed by atoms with E-state index < -0.39 is 0 Å². The largest absolute Gasteiger partial charge is 0.393 e. The first-order valence-electron chi connectivity index (χ1n) is 6.86. The molecule has 1 fully saturated rings. The van der Waals surface area contributed by atoms with Crippen LogP contribution in [0.2, 0.25) is 0 Å². The van der Waals surface area contributed by atoms with Crippen molar-refractivity contribution in [2.75, 3.05) is 33.4 Å². The van der Waals surface area contributed by atoms with Gasteiger partial charge < -0.3 is 15.8 Å². The number of hydrogen-bond acceptors (Lipinski definition) is 4. The third kappa shape index (κ3) is 5.42. The van der Waals surface area contributed by atoms with Gasteiger partial charge in [0.25, 0.3) is 0 Å². The molecule has 1 atom stereocenters. The molecule has 1 amide bonds. The lowest BCUT2D eigenvalue weighted by Crippen LogP contribution is -2.49. The fourth-order valence-electron chi connectivity index (χ4n) is 2.31. The Hall–Kier alpha value is -0.720. The molecule has 110 valence electrons. The average molecular weight is 287 g/mol. The van der Waals surface area contributed by atoms with Gasteiger partial charge >= 0.3 is 0 Å². The van der Waals surface area contributed by atoms with Gasteiger partial charge in [-0.05, 0) is 39.3 Å². The van der Waals surface area contributed by atoms with Crippen LogP contribution in [0.3, 0.4) is 0 Å². The molecule has 5 nitrogen and oxygen atoms in total. The first-order chi connectivity index (χ1) is 9.06. The molecule has 1 aliphatic rings. The van der Waals surface area contributed by atoms with E-state index in [1.165, 1.54) is 0 Å². The zero-order chi connectivity index (χ0) is 14.3. The van der Waals surface area contributed by atoms with Gasteiger partial charge in [-0.2, -0.15) is 0 Å². The summed E-state index contributed by atoms with van der Waals surface area (Å²) in [6.45, 7) is 5.06. The molecule has 1 aliphatic heterocycles. The molecule has 0 aromatic carbocycles.